The van der Waals surface area contributed by atoms with E-state index in [1.165, 1.54) is 6.07 Å². The Labute approximate surface area is 106 Å². The van der Waals surface area contributed by atoms with Crippen LogP contribution in [-0.2, 0) is 0 Å². The van der Waals surface area contributed by atoms with Crippen LogP contribution in [-0.4, -0.2) is 21.2 Å². The van der Waals surface area contributed by atoms with Crippen molar-refractivity contribution in [1.82, 2.24) is 10.1 Å². The molecular weight excluding hydrogens is 256 g/mol. The number of rotatable bonds is 2. The second-order valence-electron chi connectivity index (χ2n) is 3.75. The van der Waals surface area contributed by atoms with Gasteiger partial charge in [-0.1, -0.05) is 16.8 Å². The summed E-state index contributed by atoms with van der Waals surface area (Å²) >= 11 is 6.26. The Morgan fingerprint density at radius 2 is 2.22 bits per heavy atom. The molecule has 2 N–H and O–H groups in total. The lowest BCUT2D eigenvalue weighted by atomic mass is 10.1. The molecule has 2 aromatic heterocycles. The standard InChI is InChI=1S/C12H7ClN2O3/c13-11-6(1-2-8-7(11)3-4-14-8)9-5-10(12(16)17)18-15-9/h1-5,14H,(H,16,17). The molecule has 18 heavy (non-hydrogen) atoms. The second-order valence-corrected chi connectivity index (χ2v) is 4.13. The molecule has 2 heterocycles. The first-order valence-electron chi connectivity index (χ1n) is 5.13. The molecule has 3 aromatic rings. The van der Waals surface area contributed by atoms with Crippen molar-refractivity contribution in [3.8, 4) is 11.3 Å². The molecule has 0 saturated carbocycles. The zero-order valence-corrected chi connectivity index (χ0v) is 9.73. The van der Waals surface area contributed by atoms with Gasteiger partial charge in [0.05, 0.1) is 5.02 Å². The number of H-pyrrole nitrogens is 1. The van der Waals surface area contributed by atoms with Gasteiger partial charge in [0.15, 0.2) is 0 Å². The topological polar surface area (TPSA) is 79.1 Å². The van der Waals surface area contributed by atoms with E-state index in [2.05, 4.69) is 10.1 Å². The molecule has 0 atom stereocenters. The molecule has 5 nitrogen and oxygen atoms in total. The van der Waals surface area contributed by atoms with Crippen LogP contribution in [0.4, 0.5) is 0 Å². The maximum atomic E-state index is 10.7. The van der Waals surface area contributed by atoms with Gasteiger partial charge in [-0.3, -0.25) is 0 Å². The Hall–Kier alpha value is -2.27. The van der Waals surface area contributed by atoms with Gasteiger partial charge in [-0.15, -0.1) is 0 Å². The normalized spacial score (nSPS) is 10.9. The highest BCUT2D eigenvalue weighted by Crippen LogP contribution is 2.33. The molecule has 90 valence electrons. The first-order chi connectivity index (χ1) is 8.66. The van der Waals surface area contributed by atoms with E-state index in [1.54, 1.807) is 12.3 Å². The van der Waals surface area contributed by atoms with Crippen LogP contribution in [0.25, 0.3) is 22.2 Å². The lowest BCUT2D eigenvalue weighted by Gasteiger charge is -2.00. The van der Waals surface area contributed by atoms with E-state index < -0.39 is 5.97 Å². The summed E-state index contributed by atoms with van der Waals surface area (Å²) in [6, 6.07) is 6.82. The summed E-state index contributed by atoms with van der Waals surface area (Å²) in [5, 5.41) is 13.9. The summed E-state index contributed by atoms with van der Waals surface area (Å²) in [7, 11) is 0. The maximum absolute atomic E-state index is 10.7. The lowest BCUT2D eigenvalue weighted by Crippen LogP contribution is -1.91. The van der Waals surface area contributed by atoms with Gasteiger partial charge in [-0.25, -0.2) is 4.79 Å². The average Bonchev–Trinajstić information content (AvgIpc) is 2.97. The van der Waals surface area contributed by atoms with Crippen LogP contribution in [0.1, 0.15) is 10.6 Å². The fraction of sp³-hybridized carbons (Fsp3) is 0. The van der Waals surface area contributed by atoms with Crippen LogP contribution in [0.5, 0.6) is 0 Å². The lowest BCUT2D eigenvalue weighted by molar-refractivity contribution is 0.0652. The number of carboxylic acid groups (broad SMARTS) is 1. The number of carbonyl (C=O) groups is 1. The minimum absolute atomic E-state index is 0.213. The number of carboxylic acids is 1. The molecule has 0 amide bonds. The molecule has 0 aliphatic heterocycles. The highest BCUT2D eigenvalue weighted by atomic mass is 35.5. The third-order valence-electron chi connectivity index (χ3n) is 2.67. The zero-order chi connectivity index (χ0) is 12.7. The third kappa shape index (κ3) is 1.56. The van der Waals surface area contributed by atoms with Crippen molar-refractivity contribution in [2.24, 2.45) is 0 Å². The van der Waals surface area contributed by atoms with Crippen molar-refractivity contribution in [2.75, 3.05) is 0 Å². The molecule has 0 unspecified atom stereocenters. The first-order valence-corrected chi connectivity index (χ1v) is 5.50. The van der Waals surface area contributed by atoms with Crippen molar-refractivity contribution in [1.29, 1.82) is 0 Å². The average molecular weight is 263 g/mol. The molecule has 1 aromatic carbocycles. The minimum Gasteiger partial charge on any atom is -0.475 e. The van der Waals surface area contributed by atoms with Gasteiger partial charge in [0.1, 0.15) is 5.69 Å². The van der Waals surface area contributed by atoms with E-state index in [-0.39, 0.29) is 5.76 Å². The summed E-state index contributed by atoms with van der Waals surface area (Å²) in [6.07, 6.45) is 1.78. The van der Waals surface area contributed by atoms with Crippen molar-refractivity contribution >= 4 is 28.5 Å². The Balaban J connectivity index is 2.18. The van der Waals surface area contributed by atoms with Crippen LogP contribution in [0.2, 0.25) is 5.02 Å². The van der Waals surface area contributed by atoms with Crippen LogP contribution in [0.3, 0.4) is 0 Å². The highest BCUT2D eigenvalue weighted by Gasteiger charge is 2.15. The second kappa shape index (κ2) is 3.89. The fourth-order valence-corrected chi connectivity index (χ4v) is 2.12. The smallest absolute Gasteiger partial charge is 0.374 e. The molecule has 0 aliphatic carbocycles. The van der Waals surface area contributed by atoms with E-state index in [0.29, 0.717) is 16.3 Å². The zero-order valence-electron chi connectivity index (χ0n) is 8.98. The summed E-state index contributed by atoms with van der Waals surface area (Å²) < 4.78 is 4.71. The number of fused-ring (bicyclic) bond motifs is 1. The monoisotopic (exact) mass is 262 g/mol. The van der Waals surface area contributed by atoms with Crippen LogP contribution in [0.15, 0.2) is 35.0 Å². The summed E-state index contributed by atoms with van der Waals surface area (Å²) in [6.45, 7) is 0. The van der Waals surface area contributed by atoms with Gasteiger partial charge < -0.3 is 14.6 Å². The number of aromatic nitrogens is 2. The number of aromatic carboxylic acids is 1. The highest BCUT2D eigenvalue weighted by molar-refractivity contribution is 6.38. The molecule has 0 radical (unpaired) electrons. The number of benzene rings is 1. The molecule has 3 rings (SSSR count). The number of aromatic amines is 1. The quantitative estimate of drug-likeness (QED) is 0.743. The molecule has 0 saturated heterocycles. The minimum atomic E-state index is -1.16. The van der Waals surface area contributed by atoms with Crippen molar-refractivity contribution in [2.45, 2.75) is 0 Å². The predicted molar refractivity (Wildman–Crippen MR) is 65.8 cm³/mol. The van der Waals surface area contributed by atoms with Gasteiger partial charge in [0.2, 0.25) is 5.76 Å². The van der Waals surface area contributed by atoms with E-state index in [1.807, 2.05) is 12.1 Å². The molecule has 6 heteroatoms. The Morgan fingerprint density at radius 3 is 2.94 bits per heavy atom. The van der Waals surface area contributed by atoms with E-state index in [4.69, 9.17) is 21.2 Å². The van der Waals surface area contributed by atoms with E-state index in [0.717, 1.165) is 10.9 Å². The summed E-state index contributed by atoms with van der Waals surface area (Å²) in [5.74, 6) is -1.37. The van der Waals surface area contributed by atoms with E-state index in [9.17, 15) is 4.79 Å². The molecule has 0 spiro atoms. The maximum Gasteiger partial charge on any atom is 0.374 e. The Kier molecular flexibility index (Phi) is 2.34. The molecule has 0 bridgehead atoms. The number of nitrogens with one attached hydrogen (secondary N) is 1. The molecule has 0 fully saturated rings. The SMILES string of the molecule is O=C(O)c1cc(-c2ccc3[nH]ccc3c2Cl)no1. The third-order valence-corrected chi connectivity index (χ3v) is 3.07. The summed E-state index contributed by atoms with van der Waals surface area (Å²) in [4.78, 5) is 13.8. The van der Waals surface area contributed by atoms with Gasteiger partial charge in [0, 0.05) is 28.7 Å². The summed E-state index contributed by atoms with van der Waals surface area (Å²) in [5.41, 5.74) is 1.95. The fourth-order valence-electron chi connectivity index (χ4n) is 1.80. The van der Waals surface area contributed by atoms with Gasteiger partial charge in [-0.05, 0) is 18.2 Å². The Morgan fingerprint density at radius 1 is 1.39 bits per heavy atom. The van der Waals surface area contributed by atoms with Gasteiger partial charge >= 0.3 is 5.97 Å². The van der Waals surface area contributed by atoms with Crippen LogP contribution in [0, 0.1) is 0 Å². The van der Waals surface area contributed by atoms with Crippen LogP contribution >= 0.6 is 11.6 Å². The largest absolute Gasteiger partial charge is 0.475 e. The Bertz CT molecular complexity index is 745. The molecule has 0 aliphatic rings. The number of hydrogen-bond acceptors (Lipinski definition) is 3. The van der Waals surface area contributed by atoms with Gasteiger partial charge in [0.25, 0.3) is 0 Å². The van der Waals surface area contributed by atoms with E-state index >= 15 is 0 Å². The van der Waals surface area contributed by atoms with Crippen molar-refractivity contribution in [3.63, 3.8) is 0 Å². The van der Waals surface area contributed by atoms with Crippen molar-refractivity contribution < 1.29 is 14.4 Å². The predicted octanol–water partition coefficient (Wildman–Crippen LogP) is 3.17. The van der Waals surface area contributed by atoms with Gasteiger partial charge in [-0.2, -0.15) is 0 Å². The molecular formula is C12H7ClN2O3. The van der Waals surface area contributed by atoms with Crippen molar-refractivity contribution in [3.05, 3.63) is 41.2 Å². The first kappa shape index (κ1) is 10.9. The van der Waals surface area contributed by atoms with Crippen LogP contribution < -0.4 is 0 Å². The number of nitrogens with zero attached hydrogens (tertiary/aromatic N) is 1. The number of hydrogen-bond donors (Lipinski definition) is 2. The number of halogens is 1.